The molecule has 0 radical (unpaired) electrons. The Morgan fingerprint density at radius 3 is 2.79 bits per heavy atom. The van der Waals surface area contributed by atoms with E-state index in [1.807, 2.05) is 0 Å². The van der Waals surface area contributed by atoms with Crippen LogP contribution in [0.5, 0.6) is 0 Å². The maximum atomic E-state index is 11.8. The fourth-order valence-electron chi connectivity index (χ4n) is 1.91. The summed E-state index contributed by atoms with van der Waals surface area (Å²) in [5.74, 6) is -1.47. The minimum atomic E-state index is -1.18. The minimum absolute atomic E-state index is 0.0317. The maximum Gasteiger partial charge on any atom is 0.332 e. The van der Waals surface area contributed by atoms with Gasteiger partial charge in [0.15, 0.2) is 0 Å². The zero-order valence-electron chi connectivity index (χ0n) is 9.83. The number of nitro groups is 1. The van der Waals surface area contributed by atoms with Crippen molar-refractivity contribution in [3.8, 4) is 0 Å². The number of carboxylic acids is 1. The molecule has 0 fully saturated rings. The lowest BCUT2D eigenvalue weighted by atomic mass is 10.1. The quantitative estimate of drug-likeness (QED) is 0.498. The molecule has 0 aliphatic carbocycles. The van der Waals surface area contributed by atoms with E-state index in [2.05, 4.69) is 6.58 Å². The van der Waals surface area contributed by atoms with Crippen molar-refractivity contribution in [1.29, 1.82) is 0 Å². The van der Waals surface area contributed by atoms with Crippen molar-refractivity contribution in [3.05, 3.63) is 46.0 Å². The monoisotopic (exact) mass is 262 g/mol. The Hall–Kier alpha value is -2.70. The number of amides is 1. The average molecular weight is 262 g/mol. The van der Waals surface area contributed by atoms with Gasteiger partial charge in [-0.2, -0.15) is 0 Å². The Morgan fingerprint density at radius 1 is 1.53 bits per heavy atom. The third-order valence-electron chi connectivity index (χ3n) is 2.86. The first-order chi connectivity index (χ1) is 8.90. The van der Waals surface area contributed by atoms with Gasteiger partial charge in [0.2, 0.25) is 5.91 Å². The van der Waals surface area contributed by atoms with Crippen LogP contribution in [0, 0.1) is 10.1 Å². The fourth-order valence-corrected chi connectivity index (χ4v) is 1.91. The van der Waals surface area contributed by atoms with Crippen LogP contribution in [0.3, 0.4) is 0 Å². The molecule has 0 spiro atoms. The zero-order valence-corrected chi connectivity index (χ0v) is 9.83. The van der Waals surface area contributed by atoms with Crippen molar-refractivity contribution < 1.29 is 19.6 Å². The number of non-ortho nitro benzene ring substituents is 1. The Balaban J connectivity index is 2.32. The van der Waals surface area contributed by atoms with Crippen molar-refractivity contribution >= 4 is 23.3 Å². The molecule has 2 rings (SSSR count). The highest BCUT2D eigenvalue weighted by Crippen LogP contribution is 2.32. The molecule has 0 atom stereocenters. The van der Waals surface area contributed by atoms with E-state index in [-0.39, 0.29) is 30.1 Å². The molecule has 7 nitrogen and oxygen atoms in total. The maximum absolute atomic E-state index is 11.8. The number of rotatable bonds is 4. The molecule has 1 amide bonds. The molecular weight excluding hydrogens is 252 g/mol. The van der Waals surface area contributed by atoms with Gasteiger partial charge in [0.1, 0.15) is 0 Å². The van der Waals surface area contributed by atoms with Crippen LogP contribution in [0.4, 0.5) is 11.4 Å². The number of carboxylic acid groups (broad SMARTS) is 1. The van der Waals surface area contributed by atoms with E-state index < -0.39 is 10.9 Å². The Kier molecular flexibility index (Phi) is 3.04. The number of benzene rings is 1. The van der Waals surface area contributed by atoms with Gasteiger partial charge in [-0.3, -0.25) is 14.9 Å². The highest BCUT2D eigenvalue weighted by atomic mass is 16.6. The van der Waals surface area contributed by atoms with Crippen LogP contribution < -0.4 is 4.90 Å². The predicted octanol–water partition coefficient (Wildman–Crippen LogP) is 1.12. The van der Waals surface area contributed by atoms with E-state index in [1.165, 1.54) is 23.1 Å². The van der Waals surface area contributed by atoms with Crippen molar-refractivity contribution in [1.82, 2.24) is 0 Å². The number of fused-ring (bicyclic) bond motifs is 1. The number of hydrogen-bond acceptors (Lipinski definition) is 4. The molecule has 1 heterocycles. The van der Waals surface area contributed by atoms with Crippen molar-refractivity contribution in [3.63, 3.8) is 0 Å². The fraction of sp³-hybridized carbons (Fsp3) is 0.167. The average Bonchev–Trinajstić information content (AvgIpc) is 2.64. The molecule has 0 saturated carbocycles. The third kappa shape index (κ3) is 2.30. The molecule has 0 aromatic heterocycles. The van der Waals surface area contributed by atoms with Gasteiger partial charge in [-0.1, -0.05) is 6.58 Å². The highest BCUT2D eigenvalue weighted by molar-refractivity contribution is 6.03. The summed E-state index contributed by atoms with van der Waals surface area (Å²) < 4.78 is 0. The lowest BCUT2D eigenvalue weighted by molar-refractivity contribution is -0.384. The summed E-state index contributed by atoms with van der Waals surface area (Å²) >= 11 is 0. The lowest BCUT2D eigenvalue weighted by Gasteiger charge is -2.17. The van der Waals surface area contributed by atoms with Crippen LogP contribution in [0.15, 0.2) is 30.4 Å². The Labute approximate surface area is 107 Å². The van der Waals surface area contributed by atoms with E-state index in [1.54, 1.807) is 0 Å². The molecule has 1 aliphatic rings. The molecule has 7 heteroatoms. The summed E-state index contributed by atoms with van der Waals surface area (Å²) in [6.45, 7) is 3.24. The van der Waals surface area contributed by atoms with Crippen molar-refractivity contribution in [2.24, 2.45) is 0 Å². The minimum Gasteiger partial charge on any atom is -0.478 e. The van der Waals surface area contributed by atoms with Crippen LogP contribution in [-0.2, 0) is 16.0 Å². The molecule has 1 aromatic rings. The SMILES string of the molecule is C=C(CN1C(=O)Cc2cc([N+](=O)[O-])ccc21)C(=O)O. The van der Waals surface area contributed by atoms with E-state index >= 15 is 0 Å². The number of carbonyl (C=O) groups excluding carboxylic acids is 1. The number of anilines is 1. The molecule has 0 saturated heterocycles. The van der Waals surface area contributed by atoms with Crippen LogP contribution in [0.2, 0.25) is 0 Å². The van der Waals surface area contributed by atoms with Gasteiger partial charge in [0.05, 0.1) is 17.9 Å². The highest BCUT2D eigenvalue weighted by Gasteiger charge is 2.29. The number of aliphatic carboxylic acids is 1. The summed E-state index contributed by atoms with van der Waals surface area (Å²) in [4.78, 5) is 33.9. The molecule has 1 aliphatic heterocycles. The predicted molar refractivity (Wildman–Crippen MR) is 65.9 cm³/mol. The molecule has 1 N–H and O–H groups in total. The number of carbonyl (C=O) groups is 2. The zero-order chi connectivity index (χ0) is 14.2. The second kappa shape index (κ2) is 4.52. The van der Waals surface area contributed by atoms with E-state index in [9.17, 15) is 19.7 Å². The van der Waals surface area contributed by atoms with Gasteiger partial charge in [-0.25, -0.2) is 4.79 Å². The van der Waals surface area contributed by atoms with Crippen LogP contribution >= 0.6 is 0 Å². The first-order valence-electron chi connectivity index (χ1n) is 5.39. The lowest BCUT2D eigenvalue weighted by Crippen LogP contribution is -2.30. The van der Waals surface area contributed by atoms with E-state index in [0.717, 1.165) is 0 Å². The van der Waals surface area contributed by atoms with Gasteiger partial charge in [-0.15, -0.1) is 0 Å². The topological polar surface area (TPSA) is 101 Å². The number of nitro benzene ring substituents is 1. The largest absolute Gasteiger partial charge is 0.478 e. The summed E-state index contributed by atoms with van der Waals surface area (Å²) in [7, 11) is 0. The Bertz CT molecular complexity index is 608. The Morgan fingerprint density at radius 2 is 2.21 bits per heavy atom. The molecule has 0 bridgehead atoms. The van der Waals surface area contributed by atoms with Crippen LogP contribution in [-0.4, -0.2) is 28.5 Å². The molecule has 1 aromatic carbocycles. The molecular formula is C12H10N2O5. The van der Waals surface area contributed by atoms with Crippen LogP contribution in [0.1, 0.15) is 5.56 Å². The van der Waals surface area contributed by atoms with Gasteiger partial charge < -0.3 is 10.0 Å². The summed E-state index contributed by atoms with van der Waals surface area (Å²) in [6, 6.07) is 4.07. The summed E-state index contributed by atoms with van der Waals surface area (Å²) in [5, 5.41) is 19.4. The van der Waals surface area contributed by atoms with Crippen LogP contribution in [0.25, 0.3) is 0 Å². The standard InChI is InChI=1S/C12H10N2O5/c1-7(12(16)17)6-13-10-3-2-9(14(18)19)4-8(10)5-11(13)15/h2-4H,1,5-6H2,(H,16,17). The van der Waals surface area contributed by atoms with Gasteiger partial charge >= 0.3 is 5.97 Å². The third-order valence-corrected chi connectivity index (χ3v) is 2.86. The normalized spacial score (nSPS) is 13.3. The summed E-state index contributed by atoms with van der Waals surface area (Å²) in [6.07, 6.45) is 0.0317. The summed E-state index contributed by atoms with van der Waals surface area (Å²) in [5.41, 5.74) is 0.820. The number of hydrogen-bond donors (Lipinski definition) is 1. The second-order valence-electron chi connectivity index (χ2n) is 4.14. The molecule has 0 unspecified atom stereocenters. The van der Waals surface area contributed by atoms with Crippen molar-refractivity contribution in [2.45, 2.75) is 6.42 Å². The first-order valence-corrected chi connectivity index (χ1v) is 5.39. The van der Waals surface area contributed by atoms with Crippen molar-refractivity contribution in [2.75, 3.05) is 11.4 Å². The molecule has 98 valence electrons. The molecule has 19 heavy (non-hydrogen) atoms. The van der Waals surface area contributed by atoms with Gasteiger partial charge in [-0.05, 0) is 11.6 Å². The second-order valence-corrected chi connectivity index (χ2v) is 4.14. The van der Waals surface area contributed by atoms with Gasteiger partial charge in [0, 0.05) is 23.4 Å². The smallest absolute Gasteiger partial charge is 0.332 e. The van der Waals surface area contributed by atoms with Gasteiger partial charge in [0.25, 0.3) is 5.69 Å². The van der Waals surface area contributed by atoms with E-state index in [4.69, 9.17) is 5.11 Å². The van der Waals surface area contributed by atoms with E-state index in [0.29, 0.717) is 11.3 Å². The first kappa shape index (κ1) is 12.7. The number of nitrogens with zero attached hydrogens (tertiary/aromatic N) is 2.